The molecule has 0 aliphatic rings. The summed E-state index contributed by atoms with van der Waals surface area (Å²) >= 11 is 0. The maximum Gasteiger partial charge on any atom is 0.326 e. The molecule has 2 N–H and O–H groups in total. The number of hydrogen-bond donors (Lipinski definition) is 2. The van der Waals surface area contributed by atoms with Gasteiger partial charge in [0.05, 0.1) is 0 Å². The number of rotatable bonds is 6. The monoisotopic (exact) mass is 293 g/mol. The Morgan fingerprint density at radius 1 is 1.48 bits per heavy atom. The lowest BCUT2D eigenvalue weighted by Crippen LogP contribution is -2.49. The van der Waals surface area contributed by atoms with Crippen LogP contribution in [-0.2, 0) is 11.3 Å². The van der Waals surface area contributed by atoms with E-state index >= 15 is 0 Å². The number of aliphatic carboxylic acids is 1. The number of carbonyl (C=O) groups excluding carboxylic acids is 1. The van der Waals surface area contributed by atoms with Gasteiger partial charge in [0.25, 0.3) is 0 Å². The summed E-state index contributed by atoms with van der Waals surface area (Å²) in [6.07, 6.45) is 2.38. The van der Waals surface area contributed by atoms with Gasteiger partial charge in [-0.3, -0.25) is 4.98 Å². The lowest BCUT2D eigenvalue weighted by molar-refractivity contribution is -0.140. The lowest BCUT2D eigenvalue weighted by atomic mass is 9.99. The van der Waals surface area contributed by atoms with Gasteiger partial charge in [0, 0.05) is 25.5 Å². The van der Waals surface area contributed by atoms with Crippen LogP contribution in [0.2, 0.25) is 0 Å². The number of aromatic nitrogens is 1. The largest absolute Gasteiger partial charge is 0.480 e. The van der Waals surface area contributed by atoms with E-state index in [0.29, 0.717) is 13.0 Å². The molecule has 0 aromatic carbocycles. The van der Waals surface area contributed by atoms with E-state index in [4.69, 9.17) is 0 Å². The maximum absolute atomic E-state index is 12.1. The van der Waals surface area contributed by atoms with E-state index in [0.717, 1.165) is 11.3 Å². The quantitative estimate of drug-likeness (QED) is 0.840. The number of nitrogens with one attached hydrogen (secondary N) is 1. The second-order valence-corrected chi connectivity index (χ2v) is 5.31. The summed E-state index contributed by atoms with van der Waals surface area (Å²) in [5.41, 5.74) is 1.83. The van der Waals surface area contributed by atoms with Gasteiger partial charge in [-0.05, 0) is 30.5 Å². The van der Waals surface area contributed by atoms with Gasteiger partial charge in [-0.15, -0.1) is 0 Å². The number of pyridine rings is 1. The standard InChI is InChI=1S/C15H23N3O3/c1-5-10(2)13(14(19)20)17-15(21)18(4)9-12-6-7-16-11(3)8-12/h6-8,10,13H,5,9H2,1-4H3,(H,17,21)(H,19,20)/t10-,13-/m0/s1. The number of carboxylic acids is 1. The van der Waals surface area contributed by atoms with Crippen LogP contribution in [0.5, 0.6) is 0 Å². The van der Waals surface area contributed by atoms with Crippen LogP contribution >= 0.6 is 0 Å². The van der Waals surface area contributed by atoms with Gasteiger partial charge in [-0.2, -0.15) is 0 Å². The van der Waals surface area contributed by atoms with Gasteiger partial charge in [0.2, 0.25) is 0 Å². The van der Waals surface area contributed by atoms with Crippen molar-refractivity contribution in [3.8, 4) is 0 Å². The van der Waals surface area contributed by atoms with Crippen LogP contribution in [0.25, 0.3) is 0 Å². The first-order valence-corrected chi connectivity index (χ1v) is 7.01. The Hall–Kier alpha value is -2.11. The summed E-state index contributed by atoms with van der Waals surface area (Å²) in [5, 5.41) is 11.8. The Morgan fingerprint density at radius 2 is 2.14 bits per heavy atom. The van der Waals surface area contributed by atoms with Crippen molar-refractivity contribution in [2.24, 2.45) is 5.92 Å². The summed E-state index contributed by atoms with van der Waals surface area (Å²) in [4.78, 5) is 28.9. The number of aryl methyl sites for hydroxylation is 1. The molecule has 116 valence electrons. The van der Waals surface area contributed by atoms with Gasteiger partial charge < -0.3 is 15.3 Å². The van der Waals surface area contributed by atoms with Crippen molar-refractivity contribution in [3.05, 3.63) is 29.6 Å². The molecule has 0 aliphatic carbocycles. The molecule has 0 bridgehead atoms. The fourth-order valence-electron chi connectivity index (χ4n) is 1.97. The molecule has 0 fully saturated rings. The number of nitrogens with zero attached hydrogens (tertiary/aromatic N) is 2. The van der Waals surface area contributed by atoms with Crippen molar-refractivity contribution in [1.29, 1.82) is 0 Å². The van der Waals surface area contributed by atoms with Gasteiger partial charge in [-0.25, -0.2) is 9.59 Å². The SMILES string of the molecule is CC[C@H](C)[C@H](NC(=O)N(C)Cc1ccnc(C)c1)C(=O)O. The second-order valence-electron chi connectivity index (χ2n) is 5.31. The van der Waals surface area contributed by atoms with E-state index in [2.05, 4.69) is 10.3 Å². The van der Waals surface area contributed by atoms with Gasteiger partial charge >= 0.3 is 12.0 Å². The first-order chi connectivity index (χ1) is 9.85. The zero-order valence-electron chi connectivity index (χ0n) is 13.0. The van der Waals surface area contributed by atoms with Crippen LogP contribution in [0, 0.1) is 12.8 Å². The molecule has 1 aromatic rings. The molecule has 2 atom stereocenters. The van der Waals surface area contributed by atoms with Gasteiger partial charge in [0.15, 0.2) is 0 Å². The molecule has 1 rings (SSSR count). The van der Waals surface area contributed by atoms with Gasteiger partial charge in [0.1, 0.15) is 6.04 Å². The fraction of sp³-hybridized carbons (Fsp3) is 0.533. The van der Waals surface area contributed by atoms with E-state index in [9.17, 15) is 14.7 Å². The highest BCUT2D eigenvalue weighted by Gasteiger charge is 2.26. The Labute approximate surface area is 125 Å². The summed E-state index contributed by atoms with van der Waals surface area (Å²) in [5.74, 6) is -1.13. The lowest BCUT2D eigenvalue weighted by Gasteiger charge is -2.24. The molecule has 0 unspecified atom stereocenters. The molecule has 0 spiro atoms. The molecule has 2 amide bonds. The van der Waals surface area contributed by atoms with E-state index < -0.39 is 18.0 Å². The Kier molecular flexibility index (Phi) is 6.14. The van der Waals surface area contributed by atoms with Crippen LogP contribution in [-0.4, -0.2) is 40.1 Å². The number of urea groups is 1. The van der Waals surface area contributed by atoms with Crippen LogP contribution in [0.4, 0.5) is 4.79 Å². The molecule has 0 aliphatic heterocycles. The van der Waals surface area contributed by atoms with Crippen LogP contribution in [0.3, 0.4) is 0 Å². The average molecular weight is 293 g/mol. The summed E-state index contributed by atoms with van der Waals surface area (Å²) in [7, 11) is 1.64. The molecular weight excluding hydrogens is 270 g/mol. The van der Waals surface area contributed by atoms with Crippen molar-refractivity contribution < 1.29 is 14.7 Å². The molecule has 1 heterocycles. The van der Waals surface area contributed by atoms with Crippen molar-refractivity contribution in [2.45, 2.75) is 39.8 Å². The smallest absolute Gasteiger partial charge is 0.326 e. The third-order valence-electron chi connectivity index (χ3n) is 3.49. The average Bonchev–Trinajstić information content (AvgIpc) is 2.43. The zero-order valence-corrected chi connectivity index (χ0v) is 13.0. The molecule has 1 aromatic heterocycles. The predicted molar refractivity (Wildman–Crippen MR) is 79.9 cm³/mol. The van der Waals surface area contributed by atoms with E-state index in [1.807, 2.05) is 32.9 Å². The van der Waals surface area contributed by atoms with Crippen molar-refractivity contribution in [1.82, 2.24) is 15.2 Å². The first-order valence-electron chi connectivity index (χ1n) is 7.01. The van der Waals surface area contributed by atoms with Crippen LogP contribution in [0.15, 0.2) is 18.3 Å². The Balaban J connectivity index is 2.67. The highest BCUT2D eigenvalue weighted by molar-refractivity contribution is 5.82. The number of carbonyl (C=O) groups is 2. The van der Waals surface area contributed by atoms with E-state index in [-0.39, 0.29) is 5.92 Å². The predicted octanol–water partition coefficient (Wildman–Crippen LogP) is 2.03. The van der Waals surface area contributed by atoms with Crippen molar-refractivity contribution in [3.63, 3.8) is 0 Å². The zero-order chi connectivity index (χ0) is 16.0. The molecule has 6 nitrogen and oxygen atoms in total. The molecule has 0 saturated carbocycles. The molecular formula is C15H23N3O3. The second kappa shape index (κ2) is 7.61. The first kappa shape index (κ1) is 16.9. The van der Waals surface area contributed by atoms with Crippen LogP contribution < -0.4 is 5.32 Å². The fourth-order valence-corrected chi connectivity index (χ4v) is 1.97. The third kappa shape index (κ3) is 5.06. The van der Waals surface area contributed by atoms with Crippen molar-refractivity contribution in [2.75, 3.05) is 7.05 Å². The number of carboxylic acid groups (broad SMARTS) is 1. The third-order valence-corrected chi connectivity index (χ3v) is 3.49. The molecule has 21 heavy (non-hydrogen) atoms. The summed E-state index contributed by atoms with van der Waals surface area (Å²) < 4.78 is 0. The van der Waals surface area contributed by atoms with E-state index in [1.165, 1.54) is 4.90 Å². The van der Waals surface area contributed by atoms with Crippen molar-refractivity contribution >= 4 is 12.0 Å². The Morgan fingerprint density at radius 3 is 2.67 bits per heavy atom. The highest BCUT2D eigenvalue weighted by atomic mass is 16.4. The molecule has 0 radical (unpaired) electrons. The summed E-state index contributed by atoms with van der Waals surface area (Å²) in [6, 6.07) is 2.47. The van der Waals surface area contributed by atoms with E-state index in [1.54, 1.807) is 13.2 Å². The minimum Gasteiger partial charge on any atom is -0.480 e. The Bertz CT molecular complexity index is 505. The normalized spacial score (nSPS) is 13.3. The summed E-state index contributed by atoms with van der Waals surface area (Å²) in [6.45, 7) is 6.00. The number of amides is 2. The topological polar surface area (TPSA) is 82.5 Å². The molecule has 0 saturated heterocycles. The minimum absolute atomic E-state index is 0.122. The maximum atomic E-state index is 12.1. The highest BCUT2D eigenvalue weighted by Crippen LogP contribution is 2.09. The molecule has 6 heteroatoms. The van der Waals surface area contributed by atoms with Gasteiger partial charge in [-0.1, -0.05) is 20.3 Å². The van der Waals surface area contributed by atoms with Crippen LogP contribution in [0.1, 0.15) is 31.5 Å². The minimum atomic E-state index is -1.01. The number of hydrogen-bond acceptors (Lipinski definition) is 3.